The number of carboxylic acid groups (broad SMARTS) is 1. The summed E-state index contributed by atoms with van der Waals surface area (Å²) >= 11 is 0.752. The van der Waals surface area contributed by atoms with Crippen molar-refractivity contribution in [2.75, 3.05) is 0 Å². The lowest BCUT2D eigenvalue weighted by Gasteiger charge is -2.14. The topological polar surface area (TPSA) is 120 Å². The van der Waals surface area contributed by atoms with Crippen molar-refractivity contribution in [3.05, 3.63) is 11.2 Å². The summed E-state index contributed by atoms with van der Waals surface area (Å²) in [5.74, 6) is -1.75. The van der Waals surface area contributed by atoms with Crippen molar-refractivity contribution in [1.29, 1.82) is 5.26 Å². The molecule has 0 radical (unpaired) electrons. The number of nitrogens with zero attached hydrogens (tertiary/aromatic N) is 2. The fourth-order valence-corrected chi connectivity index (χ4v) is 4.54. The van der Waals surface area contributed by atoms with Crippen LogP contribution in [0.2, 0.25) is 0 Å². The first-order valence-electron chi connectivity index (χ1n) is 5.54. The molecular formula is C10H11N3O4S2. The highest BCUT2D eigenvalue weighted by molar-refractivity contribution is 7.91. The van der Waals surface area contributed by atoms with Crippen LogP contribution in [0.5, 0.6) is 0 Å². The summed E-state index contributed by atoms with van der Waals surface area (Å²) < 4.78 is 26.3. The Morgan fingerprint density at radius 1 is 1.58 bits per heavy atom. The molecule has 0 amide bonds. The molecule has 1 saturated carbocycles. The van der Waals surface area contributed by atoms with Gasteiger partial charge in [0.25, 0.3) is 10.0 Å². The van der Waals surface area contributed by atoms with E-state index in [-0.39, 0.29) is 10.1 Å². The number of thiazole rings is 1. The van der Waals surface area contributed by atoms with E-state index in [1.807, 2.05) is 0 Å². The van der Waals surface area contributed by atoms with Crippen molar-refractivity contribution in [2.24, 2.45) is 5.92 Å². The maximum Gasteiger partial charge on any atom is 0.356 e. The van der Waals surface area contributed by atoms with Crippen molar-refractivity contribution < 1.29 is 18.3 Å². The SMILES string of the molecule is N#CC1CCCC1NS(=O)(=O)c1scnc1C(=O)O. The van der Waals surface area contributed by atoms with Gasteiger partial charge in [0.05, 0.1) is 17.5 Å². The molecule has 1 aliphatic carbocycles. The zero-order valence-corrected chi connectivity index (χ0v) is 11.4. The second-order valence-electron chi connectivity index (χ2n) is 4.19. The molecule has 1 aliphatic rings. The van der Waals surface area contributed by atoms with E-state index in [9.17, 15) is 13.2 Å². The number of nitrogens with one attached hydrogen (secondary N) is 1. The molecule has 19 heavy (non-hydrogen) atoms. The number of nitriles is 1. The van der Waals surface area contributed by atoms with Gasteiger partial charge in [-0.15, -0.1) is 11.3 Å². The minimum absolute atomic E-state index is 0.316. The first-order chi connectivity index (χ1) is 8.95. The van der Waals surface area contributed by atoms with Gasteiger partial charge in [-0.2, -0.15) is 5.26 Å². The molecule has 0 bridgehead atoms. The van der Waals surface area contributed by atoms with Gasteiger partial charge in [0.2, 0.25) is 0 Å². The van der Waals surface area contributed by atoms with Crippen LogP contribution in [0.25, 0.3) is 0 Å². The van der Waals surface area contributed by atoms with Crippen LogP contribution in [0.3, 0.4) is 0 Å². The molecule has 1 aromatic heterocycles. The van der Waals surface area contributed by atoms with Gasteiger partial charge in [0, 0.05) is 6.04 Å². The second-order valence-corrected chi connectivity index (χ2v) is 6.95. The lowest BCUT2D eigenvalue weighted by atomic mass is 10.1. The largest absolute Gasteiger partial charge is 0.476 e. The highest BCUT2D eigenvalue weighted by Crippen LogP contribution is 2.28. The first kappa shape index (κ1) is 13.9. The van der Waals surface area contributed by atoms with Crippen LogP contribution in [-0.2, 0) is 10.0 Å². The number of hydrogen-bond donors (Lipinski definition) is 2. The minimum atomic E-state index is -3.94. The number of aromatic carboxylic acids is 1. The first-order valence-corrected chi connectivity index (χ1v) is 7.90. The third kappa shape index (κ3) is 2.75. The summed E-state index contributed by atoms with van der Waals surface area (Å²) in [4.78, 5) is 14.4. The van der Waals surface area contributed by atoms with Gasteiger partial charge < -0.3 is 5.11 Å². The summed E-state index contributed by atoms with van der Waals surface area (Å²) in [7, 11) is -3.94. The predicted molar refractivity (Wildman–Crippen MR) is 66.1 cm³/mol. The number of hydrogen-bond acceptors (Lipinski definition) is 6. The molecule has 1 fully saturated rings. The number of carboxylic acids is 1. The second kappa shape index (κ2) is 5.24. The molecule has 2 unspecified atom stereocenters. The van der Waals surface area contributed by atoms with Crippen LogP contribution in [0.1, 0.15) is 29.8 Å². The van der Waals surface area contributed by atoms with E-state index in [1.165, 1.54) is 5.51 Å². The van der Waals surface area contributed by atoms with Gasteiger partial charge in [-0.1, -0.05) is 6.42 Å². The number of aromatic nitrogens is 1. The van der Waals surface area contributed by atoms with Crippen molar-refractivity contribution in [2.45, 2.75) is 29.5 Å². The average molecular weight is 301 g/mol. The van der Waals surface area contributed by atoms with Gasteiger partial charge in [0.1, 0.15) is 0 Å². The summed E-state index contributed by atoms with van der Waals surface area (Å²) in [6, 6.07) is 1.60. The Morgan fingerprint density at radius 3 is 2.95 bits per heavy atom. The van der Waals surface area contributed by atoms with Crippen LogP contribution in [0, 0.1) is 17.2 Å². The molecule has 0 spiro atoms. The Balaban J connectivity index is 2.26. The third-order valence-electron chi connectivity index (χ3n) is 2.97. The van der Waals surface area contributed by atoms with Crippen molar-refractivity contribution in [3.63, 3.8) is 0 Å². The van der Waals surface area contributed by atoms with Crippen molar-refractivity contribution in [1.82, 2.24) is 9.71 Å². The predicted octanol–water partition coefficient (Wildman–Crippen LogP) is 0.812. The monoisotopic (exact) mass is 301 g/mol. The van der Waals surface area contributed by atoms with Gasteiger partial charge >= 0.3 is 5.97 Å². The highest BCUT2D eigenvalue weighted by Gasteiger charge is 2.34. The van der Waals surface area contributed by atoms with Crippen LogP contribution >= 0.6 is 11.3 Å². The molecule has 2 atom stereocenters. The summed E-state index contributed by atoms with van der Waals surface area (Å²) in [5, 5.41) is 17.8. The van der Waals surface area contributed by atoms with E-state index >= 15 is 0 Å². The zero-order valence-electron chi connectivity index (χ0n) is 9.74. The van der Waals surface area contributed by atoms with Crippen LogP contribution in [-0.4, -0.2) is 30.5 Å². The average Bonchev–Trinajstić information content (AvgIpc) is 2.95. The van der Waals surface area contributed by atoms with Crippen LogP contribution < -0.4 is 4.72 Å². The Labute approximate surface area is 113 Å². The quantitative estimate of drug-likeness (QED) is 0.849. The van der Waals surface area contributed by atoms with Gasteiger partial charge in [-0.05, 0) is 12.8 Å². The normalized spacial score (nSPS) is 23.1. The standard InChI is InChI=1S/C10H11N3O4S2/c11-4-6-2-1-3-7(6)13-19(16,17)10-8(9(14)15)12-5-18-10/h5-7,13H,1-3H2,(H,14,15). The van der Waals surface area contributed by atoms with Crippen LogP contribution in [0.15, 0.2) is 9.72 Å². The molecule has 0 saturated heterocycles. The third-order valence-corrected chi connectivity index (χ3v) is 5.83. The number of carbonyl (C=O) groups is 1. The molecule has 1 heterocycles. The fraction of sp³-hybridized carbons (Fsp3) is 0.500. The molecule has 0 aromatic carbocycles. The van der Waals surface area contributed by atoms with E-state index in [0.29, 0.717) is 12.8 Å². The Kier molecular flexibility index (Phi) is 3.84. The van der Waals surface area contributed by atoms with Gasteiger partial charge in [0.15, 0.2) is 9.90 Å². The van der Waals surface area contributed by atoms with Crippen molar-refractivity contribution in [3.8, 4) is 6.07 Å². The molecule has 7 nitrogen and oxygen atoms in total. The van der Waals surface area contributed by atoms with Crippen molar-refractivity contribution >= 4 is 27.3 Å². The Bertz CT molecular complexity index is 631. The van der Waals surface area contributed by atoms with E-state index in [0.717, 1.165) is 17.8 Å². The highest BCUT2D eigenvalue weighted by atomic mass is 32.2. The van der Waals surface area contributed by atoms with Crippen LogP contribution in [0.4, 0.5) is 0 Å². The minimum Gasteiger partial charge on any atom is -0.476 e. The molecule has 2 rings (SSSR count). The number of rotatable bonds is 4. The molecule has 0 aliphatic heterocycles. The number of sulfonamides is 1. The lowest BCUT2D eigenvalue weighted by molar-refractivity contribution is 0.0687. The van der Waals surface area contributed by atoms with E-state index in [4.69, 9.17) is 10.4 Å². The Morgan fingerprint density at radius 2 is 2.32 bits per heavy atom. The zero-order chi connectivity index (χ0) is 14.0. The Hall–Kier alpha value is -1.50. The van der Waals surface area contributed by atoms with Gasteiger partial charge in [-0.3, -0.25) is 0 Å². The molecule has 102 valence electrons. The van der Waals surface area contributed by atoms with E-state index in [2.05, 4.69) is 15.8 Å². The van der Waals surface area contributed by atoms with E-state index < -0.39 is 27.7 Å². The maximum atomic E-state index is 12.1. The molecule has 1 aromatic rings. The smallest absolute Gasteiger partial charge is 0.356 e. The molecule has 2 N–H and O–H groups in total. The summed E-state index contributed by atoms with van der Waals surface area (Å²) in [6.45, 7) is 0. The summed E-state index contributed by atoms with van der Waals surface area (Å²) in [6.07, 6.45) is 2.01. The van der Waals surface area contributed by atoms with E-state index in [1.54, 1.807) is 0 Å². The fourth-order valence-electron chi connectivity index (χ4n) is 2.08. The molecule has 9 heteroatoms. The summed E-state index contributed by atoms with van der Waals surface area (Å²) in [5.41, 5.74) is 0.693. The lowest BCUT2D eigenvalue weighted by Crippen LogP contribution is -2.37. The van der Waals surface area contributed by atoms with Gasteiger partial charge in [-0.25, -0.2) is 22.9 Å². The molecular weight excluding hydrogens is 290 g/mol. The maximum absolute atomic E-state index is 12.1.